The fourth-order valence-electron chi connectivity index (χ4n) is 4.53. The molecule has 25 heavy (non-hydrogen) atoms. The third-order valence-corrected chi connectivity index (χ3v) is 6.20. The average molecular weight is 339 g/mol. The van der Waals surface area contributed by atoms with Gasteiger partial charge in [0, 0.05) is 43.4 Å². The second kappa shape index (κ2) is 6.62. The van der Waals surface area contributed by atoms with E-state index in [1.165, 1.54) is 6.42 Å². The molecule has 1 aliphatic heterocycles. The number of aromatic nitrogens is 1. The Kier molecular flexibility index (Phi) is 4.32. The first-order chi connectivity index (χ1) is 12.2. The molecule has 2 aliphatic carbocycles. The van der Waals surface area contributed by atoms with E-state index < -0.39 is 0 Å². The molecule has 0 radical (unpaired) electrons. The van der Waals surface area contributed by atoms with Gasteiger partial charge in [-0.2, -0.15) is 0 Å². The zero-order valence-electron chi connectivity index (χ0n) is 14.5. The van der Waals surface area contributed by atoms with Crippen molar-refractivity contribution in [3.63, 3.8) is 0 Å². The summed E-state index contributed by atoms with van der Waals surface area (Å²) in [6.07, 6.45) is 12.7. The zero-order valence-corrected chi connectivity index (χ0v) is 14.5. The fraction of sp³-hybridized carbons (Fsp3) is 0.550. The minimum Gasteiger partial charge on any atom is -0.352 e. The van der Waals surface area contributed by atoms with E-state index in [1.807, 2.05) is 17.0 Å². The van der Waals surface area contributed by atoms with Crippen molar-refractivity contribution in [1.29, 1.82) is 0 Å². The third-order valence-electron chi connectivity index (χ3n) is 6.20. The number of hydrogen-bond acceptors (Lipinski definition) is 3. The Hall–Kier alpha value is -2.17. The summed E-state index contributed by atoms with van der Waals surface area (Å²) in [4.78, 5) is 31.6. The van der Waals surface area contributed by atoms with Crippen LogP contribution in [0.25, 0.3) is 0 Å². The second-order valence-corrected chi connectivity index (χ2v) is 7.70. The van der Waals surface area contributed by atoms with E-state index >= 15 is 0 Å². The van der Waals surface area contributed by atoms with Crippen LogP contribution >= 0.6 is 0 Å². The van der Waals surface area contributed by atoms with Crippen molar-refractivity contribution < 1.29 is 9.59 Å². The monoisotopic (exact) mass is 339 g/mol. The number of rotatable bonds is 4. The van der Waals surface area contributed by atoms with Crippen LogP contribution in [0.3, 0.4) is 0 Å². The van der Waals surface area contributed by atoms with Crippen LogP contribution < -0.4 is 5.32 Å². The standard InChI is InChI=1S/C20H25N3O2/c24-18(22-12-15-6-10-21-11-7-15)17-13-23(14-20(17)8-3-9-20)19(25)16-4-1-2-5-16/h1-2,6-7,10-11,16-17H,3-5,8-9,12-14H2,(H,22,24). The first-order valence-corrected chi connectivity index (χ1v) is 9.28. The molecule has 4 rings (SSSR count). The highest BCUT2D eigenvalue weighted by Gasteiger charge is 2.54. The zero-order chi connectivity index (χ0) is 17.3. The number of nitrogens with zero attached hydrogens (tertiary/aromatic N) is 2. The van der Waals surface area contributed by atoms with Gasteiger partial charge in [-0.15, -0.1) is 0 Å². The normalized spacial score (nSPS) is 24.5. The number of nitrogens with one attached hydrogen (secondary N) is 1. The lowest BCUT2D eigenvalue weighted by atomic mass is 9.62. The lowest BCUT2D eigenvalue weighted by molar-refractivity contribution is -0.134. The molecule has 1 N–H and O–H groups in total. The highest BCUT2D eigenvalue weighted by atomic mass is 16.2. The molecule has 1 aromatic rings. The van der Waals surface area contributed by atoms with Crippen LogP contribution in [-0.4, -0.2) is 34.8 Å². The molecule has 132 valence electrons. The fourth-order valence-corrected chi connectivity index (χ4v) is 4.53. The van der Waals surface area contributed by atoms with Gasteiger partial charge in [0.25, 0.3) is 0 Å². The van der Waals surface area contributed by atoms with Gasteiger partial charge in [-0.25, -0.2) is 0 Å². The van der Waals surface area contributed by atoms with E-state index in [2.05, 4.69) is 22.5 Å². The Balaban J connectivity index is 1.41. The molecule has 1 saturated carbocycles. The maximum atomic E-state index is 12.8. The van der Waals surface area contributed by atoms with Crippen molar-refractivity contribution >= 4 is 11.8 Å². The third kappa shape index (κ3) is 3.08. The largest absolute Gasteiger partial charge is 0.352 e. The van der Waals surface area contributed by atoms with Gasteiger partial charge in [-0.3, -0.25) is 14.6 Å². The molecular weight excluding hydrogens is 314 g/mol. The number of carbonyl (C=O) groups is 2. The molecule has 1 spiro atoms. The number of carbonyl (C=O) groups excluding carboxylic acids is 2. The Bertz CT molecular complexity index is 673. The smallest absolute Gasteiger partial charge is 0.226 e. The van der Waals surface area contributed by atoms with Crippen LogP contribution in [0.4, 0.5) is 0 Å². The van der Waals surface area contributed by atoms with Crippen LogP contribution in [0, 0.1) is 17.3 Å². The summed E-state index contributed by atoms with van der Waals surface area (Å²) >= 11 is 0. The van der Waals surface area contributed by atoms with Crippen LogP contribution in [0.15, 0.2) is 36.7 Å². The quantitative estimate of drug-likeness (QED) is 0.856. The molecular formula is C20H25N3O2. The minimum absolute atomic E-state index is 0.0179. The summed E-state index contributed by atoms with van der Waals surface area (Å²) in [7, 11) is 0. The van der Waals surface area contributed by atoms with E-state index in [0.29, 0.717) is 13.1 Å². The molecule has 5 heteroatoms. The summed E-state index contributed by atoms with van der Waals surface area (Å²) in [5.74, 6) is 0.356. The summed E-state index contributed by atoms with van der Waals surface area (Å²) < 4.78 is 0. The van der Waals surface area contributed by atoms with Crippen LogP contribution in [0.1, 0.15) is 37.7 Å². The maximum Gasteiger partial charge on any atom is 0.226 e. The van der Waals surface area contributed by atoms with Gasteiger partial charge in [-0.05, 0) is 43.4 Å². The number of allylic oxidation sites excluding steroid dienone is 2. The molecule has 2 heterocycles. The molecule has 5 nitrogen and oxygen atoms in total. The SMILES string of the molecule is O=C(NCc1ccncc1)C1CN(C(=O)C2CC=CC2)CC12CCC2. The van der Waals surface area contributed by atoms with E-state index in [9.17, 15) is 9.59 Å². The van der Waals surface area contributed by atoms with Crippen LogP contribution in [0.2, 0.25) is 0 Å². The Morgan fingerprint density at radius 3 is 2.56 bits per heavy atom. The van der Waals surface area contributed by atoms with Crippen LogP contribution in [0.5, 0.6) is 0 Å². The van der Waals surface area contributed by atoms with Gasteiger partial charge in [0.05, 0.1) is 5.92 Å². The summed E-state index contributed by atoms with van der Waals surface area (Å²) in [6, 6.07) is 3.83. The first-order valence-electron chi connectivity index (χ1n) is 9.28. The first kappa shape index (κ1) is 16.3. The van der Waals surface area contributed by atoms with Gasteiger partial charge in [0.1, 0.15) is 0 Å². The average Bonchev–Trinajstić information content (AvgIpc) is 3.27. The maximum absolute atomic E-state index is 12.8. The van der Waals surface area contributed by atoms with E-state index in [0.717, 1.165) is 37.8 Å². The molecule has 0 aromatic carbocycles. The van der Waals surface area contributed by atoms with Crippen molar-refractivity contribution in [3.8, 4) is 0 Å². The minimum atomic E-state index is -0.0681. The lowest BCUT2D eigenvalue weighted by Gasteiger charge is -2.42. The number of pyridine rings is 1. The Labute approximate surface area is 148 Å². The highest BCUT2D eigenvalue weighted by Crippen LogP contribution is 2.52. The van der Waals surface area contributed by atoms with E-state index in [-0.39, 0.29) is 29.1 Å². The Morgan fingerprint density at radius 2 is 1.92 bits per heavy atom. The Morgan fingerprint density at radius 1 is 1.20 bits per heavy atom. The van der Waals surface area contributed by atoms with Crippen molar-refractivity contribution in [1.82, 2.24) is 15.2 Å². The van der Waals surface area contributed by atoms with Crippen LogP contribution in [-0.2, 0) is 16.1 Å². The summed E-state index contributed by atoms with van der Waals surface area (Å²) in [5, 5.41) is 3.08. The molecule has 2 fully saturated rings. The van der Waals surface area contributed by atoms with Gasteiger partial charge in [0.2, 0.25) is 11.8 Å². The highest BCUT2D eigenvalue weighted by molar-refractivity contribution is 5.84. The molecule has 1 unspecified atom stereocenters. The van der Waals surface area contributed by atoms with E-state index in [1.54, 1.807) is 12.4 Å². The van der Waals surface area contributed by atoms with Gasteiger partial charge >= 0.3 is 0 Å². The number of likely N-dealkylation sites (tertiary alicyclic amines) is 1. The predicted octanol–water partition coefficient (Wildman–Crippen LogP) is 2.29. The van der Waals surface area contributed by atoms with Gasteiger partial charge in [-0.1, -0.05) is 18.6 Å². The molecule has 1 aromatic heterocycles. The molecule has 3 aliphatic rings. The number of hydrogen-bond donors (Lipinski definition) is 1. The molecule has 1 atom stereocenters. The summed E-state index contributed by atoms with van der Waals surface area (Å²) in [5.41, 5.74) is 1.07. The molecule has 2 amide bonds. The van der Waals surface area contributed by atoms with Crippen molar-refractivity contribution in [2.24, 2.45) is 17.3 Å². The molecule has 0 bridgehead atoms. The second-order valence-electron chi connectivity index (χ2n) is 7.70. The van der Waals surface area contributed by atoms with E-state index in [4.69, 9.17) is 0 Å². The van der Waals surface area contributed by atoms with Crippen molar-refractivity contribution in [2.75, 3.05) is 13.1 Å². The van der Waals surface area contributed by atoms with Gasteiger partial charge < -0.3 is 10.2 Å². The predicted molar refractivity (Wildman–Crippen MR) is 94.3 cm³/mol. The van der Waals surface area contributed by atoms with Crippen molar-refractivity contribution in [3.05, 3.63) is 42.2 Å². The summed E-state index contributed by atoms with van der Waals surface area (Å²) in [6.45, 7) is 1.86. The topological polar surface area (TPSA) is 62.3 Å². The number of amides is 2. The van der Waals surface area contributed by atoms with Gasteiger partial charge in [0.15, 0.2) is 0 Å². The lowest BCUT2D eigenvalue weighted by Crippen LogP contribution is -2.45. The van der Waals surface area contributed by atoms with Crippen molar-refractivity contribution in [2.45, 2.75) is 38.6 Å². The molecule has 1 saturated heterocycles.